The van der Waals surface area contributed by atoms with Gasteiger partial charge in [0.05, 0.1) is 10.0 Å². The Hall–Kier alpha value is -1.10. The summed E-state index contributed by atoms with van der Waals surface area (Å²) < 4.78 is 13.6. The Labute approximate surface area is 140 Å². The number of carbonyl (C=O) groups excluding carboxylic acids is 1. The molecule has 1 amide bonds. The molecule has 2 aromatic carbocycles. The second-order valence-corrected chi connectivity index (χ2v) is 6.13. The van der Waals surface area contributed by atoms with Crippen molar-refractivity contribution in [2.75, 3.05) is 7.05 Å². The van der Waals surface area contributed by atoms with E-state index >= 15 is 0 Å². The van der Waals surface area contributed by atoms with Gasteiger partial charge in [0.25, 0.3) is 5.91 Å². The van der Waals surface area contributed by atoms with Gasteiger partial charge in [-0.2, -0.15) is 0 Å². The molecule has 0 fully saturated rings. The maximum Gasteiger partial charge on any atom is 0.255 e. The second kappa shape index (κ2) is 6.77. The van der Waals surface area contributed by atoms with Gasteiger partial charge in [0, 0.05) is 23.6 Å². The zero-order valence-corrected chi connectivity index (χ0v) is 14.1. The normalized spacial score (nSPS) is 10.5. The fraction of sp³-hybridized carbons (Fsp3) is 0.133. The largest absolute Gasteiger partial charge is 0.337 e. The van der Waals surface area contributed by atoms with Crippen LogP contribution in [0.1, 0.15) is 15.9 Å². The predicted octanol–water partition coefficient (Wildman–Crippen LogP) is 5.17. The maximum absolute atomic E-state index is 13.5. The van der Waals surface area contributed by atoms with Crippen molar-refractivity contribution in [3.63, 3.8) is 0 Å². The molecule has 0 radical (unpaired) electrons. The van der Waals surface area contributed by atoms with Gasteiger partial charge in [-0.1, -0.05) is 35.3 Å². The van der Waals surface area contributed by atoms with Crippen LogP contribution in [-0.2, 0) is 6.54 Å². The average molecular weight is 391 g/mol. The smallest absolute Gasteiger partial charge is 0.255 e. The lowest BCUT2D eigenvalue weighted by atomic mass is 10.1. The number of carbonyl (C=O) groups is 1. The Morgan fingerprint density at radius 2 is 2.00 bits per heavy atom. The molecule has 0 heterocycles. The second-order valence-electron chi connectivity index (χ2n) is 4.50. The van der Waals surface area contributed by atoms with Crippen LogP contribution in [0.25, 0.3) is 0 Å². The molecular formula is C15H11BrCl2FNO. The summed E-state index contributed by atoms with van der Waals surface area (Å²) in [7, 11) is 1.63. The van der Waals surface area contributed by atoms with Crippen LogP contribution in [0, 0.1) is 5.82 Å². The molecule has 0 aliphatic rings. The van der Waals surface area contributed by atoms with Crippen molar-refractivity contribution >= 4 is 45.0 Å². The quantitative estimate of drug-likeness (QED) is 0.708. The van der Waals surface area contributed by atoms with E-state index in [0.29, 0.717) is 16.6 Å². The van der Waals surface area contributed by atoms with Crippen LogP contribution in [0.4, 0.5) is 4.39 Å². The van der Waals surface area contributed by atoms with Gasteiger partial charge in [0.2, 0.25) is 0 Å². The molecule has 110 valence electrons. The van der Waals surface area contributed by atoms with Crippen molar-refractivity contribution in [1.82, 2.24) is 4.90 Å². The van der Waals surface area contributed by atoms with Gasteiger partial charge in [-0.15, -0.1) is 0 Å². The number of hydrogen-bond donors (Lipinski definition) is 0. The van der Waals surface area contributed by atoms with Crippen LogP contribution in [0.5, 0.6) is 0 Å². The summed E-state index contributed by atoms with van der Waals surface area (Å²) in [5, 5.41) is 1.02. The van der Waals surface area contributed by atoms with Crippen molar-refractivity contribution < 1.29 is 9.18 Å². The highest BCUT2D eigenvalue weighted by Crippen LogP contribution is 2.25. The molecule has 0 N–H and O–H groups in total. The minimum absolute atomic E-state index is 0.157. The summed E-state index contributed by atoms with van der Waals surface area (Å²) in [6.07, 6.45) is 0. The van der Waals surface area contributed by atoms with Gasteiger partial charge in [-0.05, 0) is 45.8 Å². The zero-order chi connectivity index (χ0) is 15.6. The van der Waals surface area contributed by atoms with Crippen LogP contribution in [-0.4, -0.2) is 17.9 Å². The third-order valence-corrected chi connectivity index (χ3v) is 4.34. The van der Waals surface area contributed by atoms with E-state index in [0.717, 1.165) is 5.56 Å². The minimum atomic E-state index is -0.473. The van der Waals surface area contributed by atoms with E-state index in [4.69, 9.17) is 23.2 Å². The maximum atomic E-state index is 13.5. The first-order valence-electron chi connectivity index (χ1n) is 6.03. The molecule has 2 aromatic rings. The van der Waals surface area contributed by atoms with Crippen LogP contribution >= 0.6 is 39.1 Å². The van der Waals surface area contributed by atoms with E-state index in [1.165, 1.54) is 17.0 Å². The Morgan fingerprint density at radius 1 is 1.29 bits per heavy atom. The summed E-state index contributed by atoms with van der Waals surface area (Å²) in [4.78, 5) is 13.8. The monoisotopic (exact) mass is 389 g/mol. The molecule has 0 spiro atoms. The van der Waals surface area contributed by atoms with E-state index in [9.17, 15) is 9.18 Å². The first kappa shape index (κ1) is 16.3. The van der Waals surface area contributed by atoms with Crippen molar-refractivity contribution in [2.24, 2.45) is 0 Å². The lowest BCUT2D eigenvalue weighted by molar-refractivity contribution is 0.0783. The predicted molar refractivity (Wildman–Crippen MR) is 86.4 cm³/mol. The summed E-state index contributed by atoms with van der Waals surface area (Å²) in [6, 6.07) is 9.44. The van der Waals surface area contributed by atoms with E-state index in [-0.39, 0.29) is 15.9 Å². The highest BCUT2D eigenvalue weighted by atomic mass is 79.9. The molecule has 0 saturated carbocycles. The first-order chi connectivity index (χ1) is 9.90. The summed E-state index contributed by atoms with van der Waals surface area (Å²) in [6.45, 7) is 0.303. The molecule has 6 heteroatoms. The summed E-state index contributed by atoms with van der Waals surface area (Å²) in [5.41, 5.74) is 1.03. The topological polar surface area (TPSA) is 20.3 Å². The molecular weight excluding hydrogens is 380 g/mol. The molecule has 21 heavy (non-hydrogen) atoms. The van der Waals surface area contributed by atoms with E-state index < -0.39 is 5.82 Å². The van der Waals surface area contributed by atoms with Crippen LogP contribution in [0.15, 0.2) is 40.9 Å². The standard InChI is InChI=1S/C15H11BrCl2FNO/c1-20(8-9-5-6-10(17)7-12(9)18)15(21)11-3-2-4-13(19)14(11)16/h2-7H,8H2,1H3. The van der Waals surface area contributed by atoms with Gasteiger partial charge < -0.3 is 4.90 Å². The highest BCUT2D eigenvalue weighted by Gasteiger charge is 2.18. The van der Waals surface area contributed by atoms with Gasteiger partial charge >= 0.3 is 0 Å². The van der Waals surface area contributed by atoms with Crippen LogP contribution < -0.4 is 0 Å². The van der Waals surface area contributed by atoms with Crippen molar-refractivity contribution in [3.8, 4) is 0 Å². The molecule has 0 aromatic heterocycles. The molecule has 0 unspecified atom stereocenters. The number of nitrogens with zero attached hydrogens (tertiary/aromatic N) is 1. The Balaban J connectivity index is 2.21. The number of amides is 1. The number of halogens is 4. The molecule has 0 aliphatic heterocycles. The molecule has 2 nitrogen and oxygen atoms in total. The SMILES string of the molecule is CN(Cc1ccc(Cl)cc1Cl)C(=O)c1cccc(F)c1Br. The summed E-state index contributed by atoms with van der Waals surface area (Å²) >= 11 is 15.0. The number of rotatable bonds is 3. The molecule has 0 bridgehead atoms. The Morgan fingerprint density at radius 3 is 2.67 bits per heavy atom. The van der Waals surface area contributed by atoms with Gasteiger partial charge in [0.15, 0.2) is 0 Å². The molecule has 0 aliphatic carbocycles. The van der Waals surface area contributed by atoms with Gasteiger partial charge in [-0.3, -0.25) is 4.79 Å². The lowest BCUT2D eigenvalue weighted by Gasteiger charge is -2.19. The first-order valence-corrected chi connectivity index (χ1v) is 7.58. The third-order valence-electron chi connectivity index (χ3n) is 2.95. The lowest BCUT2D eigenvalue weighted by Crippen LogP contribution is -2.26. The van der Waals surface area contributed by atoms with Crippen molar-refractivity contribution in [3.05, 3.63) is 67.9 Å². The number of benzene rings is 2. The van der Waals surface area contributed by atoms with Crippen molar-refractivity contribution in [2.45, 2.75) is 6.54 Å². The van der Waals surface area contributed by atoms with Crippen molar-refractivity contribution in [1.29, 1.82) is 0 Å². The van der Waals surface area contributed by atoms with Crippen LogP contribution in [0.2, 0.25) is 10.0 Å². The minimum Gasteiger partial charge on any atom is -0.337 e. The Kier molecular flexibility index (Phi) is 5.25. The highest BCUT2D eigenvalue weighted by molar-refractivity contribution is 9.10. The number of hydrogen-bond acceptors (Lipinski definition) is 1. The Bertz CT molecular complexity index is 693. The average Bonchev–Trinajstić information content (AvgIpc) is 2.44. The van der Waals surface area contributed by atoms with E-state index in [1.807, 2.05) is 0 Å². The van der Waals surface area contributed by atoms with E-state index in [1.54, 1.807) is 31.3 Å². The molecule has 0 atom stereocenters. The van der Waals surface area contributed by atoms with Gasteiger partial charge in [0.1, 0.15) is 5.82 Å². The fourth-order valence-electron chi connectivity index (χ4n) is 1.85. The van der Waals surface area contributed by atoms with E-state index in [2.05, 4.69) is 15.9 Å². The zero-order valence-electron chi connectivity index (χ0n) is 11.0. The molecule has 2 rings (SSSR count). The summed E-state index contributed by atoms with van der Waals surface area (Å²) in [5.74, 6) is -0.772. The van der Waals surface area contributed by atoms with Crippen LogP contribution in [0.3, 0.4) is 0 Å². The van der Waals surface area contributed by atoms with Gasteiger partial charge in [-0.25, -0.2) is 4.39 Å². The molecule has 0 saturated heterocycles. The fourth-order valence-corrected chi connectivity index (χ4v) is 2.75. The third kappa shape index (κ3) is 3.76.